The predicted molar refractivity (Wildman–Crippen MR) is 84.5 cm³/mol. The minimum atomic E-state index is -0.451. The molecule has 1 N–H and O–H groups in total. The minimum Gasteiger partial charge on any atom is -0.332 e. The SMILES string of the molecule is Cc1nc(C2CCCCN2C(=O)Cc2c(F)cccc2Cl)n[nH]1. The fraction of sp³-hybridized carbons (Fsp3) is 0.438. The number of nitrogens with one attached hydrogen (secondary N) is 1. The maximum absolute atomic E-state index is 13.9. The van der Waals surface area contributed by atoms with E-state index in [-0.39, 0.29) is 29.0 Å². The first-order valence-corrected chi connectivity index (χ1v) is 8.05. The Morgan fingerprint density at radius 1 is 1.48 bits per heavy atom. The third-order valence-corrected chi connectivity index (χ3v) is 4.48. The first-order chi connectivity index (χ1) is 11.1. The van der Waals surface area contributed by atoms with Crippen molar-refractivity contribution >= 4 is 17.5 Å². The number of nitrogens with zero attached hydrogens (tertiary/aromatic N) is 3. The van der Waals surface area contributed by atoms with E-state index in [1.807, 2.05) is 6.92 Å². The third-order valence-electron chi connectivity index (χ3n) is 4.13. The molecular formula is C16H18ClFN4O. The molecule has 1 fully saturated rings. The van der Waals surface area contributed by atoms with Crippen molar-refractivity contribution in [1.82, 2.24) is 20.1 Å². The Morgan fingerprint density at radius 2 is 2.30 bits per heavy atom. The molecule has 1 atom stereocenters. The van der Waals surface area contributed by atoms with Crippen LogP contribution in [0.25, 0.3) is 0 Å². The second kappa shape index (κ2) is 6.66. The molecule has 0 radical (unpaired) electrons. The van der Waals surface area contributed by atoms with Gasteiger partial charge in [0.05, 0.1) is 12.5 Å². The first kappa shape index (κ1) is 15.9. The van der Waals surface area contributed by atoms with Gasteiger partial charge in [0.15, 0.2) is 5.82 Å². The molecule has 3 rings (SSSR count). The number of carbonyl (C=O) groups excluding carboxylic acids is 1. The lowest BCUT2D eigenvalue weighted by Gasteiger charge is -2.34. The molecule has 1 aliphatic heterocycles. The van der Waals surface area contributed by atoms with E-state index in [1.165, 1.54) is 12.1 Å². The lowest BCUT2D eigenvalue weighted by atomic mass is 10.00. The number of carbonyl (C=O) groups is 1. The van der Waals surface area contributed by atoms with Crippen molar-refractivity contribution in [2.45, 2.75) is 38.6 Å². The molecule has 2 aromatic rings. The van der Waals surface area contributed by atoms with Crippen molar-refractivity contribution in [1.29, 1.82) is 0 Å². The van der Waals surface area contributed by atoms with Crippen molar-refractivity contribution in [3.8, 4) is 0 Å². The van der Waals surface area contributed by atoms with Gasteiger partial charge in [-0.05, 0) is 38.3 Å². The Kier molecular flexibility index (Phi) is 4.61. The first-order valence-electron chi connectivity index (χ1n) is 7.67. The standard InChI is InChI=1S/C16H18ClFN4O/c1-10-19-16(21-20-10)14-7-2-3-8-22(14)15(23)9-11-12(17)5-4-6-13(11)18/h4-6,14H,2-3,7-9H2,1H3,(H,19,20,21). The summed E-state index contributed by atoms with van der Waals surface area (Å²) in [5.41, 5.74) is 0.245. The zero-order valence-electron chi connectivity index (χ0n) is 12.9. The molecule has 1 saturated heterocycles. The number of benzene rings is 1. The van der Waals surface area contributed by atoms with Crippen LogP contribution in [-0.2, 0) is 11.2 Å². The lowest BCUT2D eigenvalue weighted by molar-refractivity contribution is -0.134. The number of H-pyrrole nitrogens is 1. The summed E-state index contributed by atoms with van der Waals surface area (Å²) >= 11 is 6.03. The second-order valence-corrected chi connectivity index (χ2v) is 6.16. The van der Waals surface area contributed by atoms with Crippen LogP contribution >= 0.6 is 11.6 Å². The normalized spacial score (nSPS) is 18.2. The van der Waals surface area contributed by atoms with Crippen LogP contribution < -0.4 is 0 Å². The molecule has 0 aliphatic carbocycles. The lowest BCUT2D eigenvalue weighted by Crippen LogP contribution is -2.40. The van der Waals surface area contributed by atoms with Crippen molar-refractivity contribution in [3.63, 3.8) is 0 Å². The average molecular weight is 337 g/mol. The molecule has 1 aliphatic rings. The molecule has 0 saturated carbocycles. The summed E-state index contributed by atoms with van der Waals surface area (Å²) in [4.78, 5) is 18.8. The molecule has 23 heavy (non-hydrogen) atoms. The number of rotatable bonds is 3. The van der Waals surface area contributed by atoms with Gasteiger partial charge in [0.1, 0.15) is 11.6 Å². The van der Waals surface area contributed by atoms with Crippen LogP contribution in [-0.4, -0.2) is 32.5 Å². The Labute approximate surface area is 138 Å². The molecular weight excluding hydrogens is 319 g/mol. The number of piperidine rings is 1. The zero-order valence-corrected chi connectivity index (χ0v) is 13.6. The topological polar surface area (TPSA) is 61.9 Å². The van der Waals surface area contributed by atoms with Crippen LogP contribution in [0.4, 0.5) is 4.39 Å². The highest BCUT2D eigenvalue weighted by atomic mass is 35.5. The Bertz CT molecular complexity index is 698. The van der Waals surface area contributed by atoms with Gasteiger partial charge in [0.2, 0.25) is 5.91 Å². The quantitative estimate of drug-likeness (QED) is 0.936. The van der Waals surface area contributed by atoms with Crippen molar-refractivity contribution in [3.05, 3.63) is 46.3 Å². The maximum Gasteiger partial charge on any atom is 0.227 e. The van der Waals surface area contributed by atoms with E-state index in [1.54, 1.807) is 11.0 Å². The summed E-state index contributed by atoms with van der Waals surface area (Å²) in [6.07, 6.45) is 2.71. The molecule has 122 valence electrons. The van der Waals surface area contributed by atoms with Crippen molar-refractivity contribution in [2.75, 3.05) is 6.54 Å². The number of hydrogen-bond donors (Lipinski definition) is 1. The second-order valence-electron chi connectivity index (χ2n) is 5.75. The molecule has 1 unspecified atom stereocenters. The molecule has 0 bridgehead atoms. The molecule has 2 heterocycles. The van der Waals surface area contributed by atoms with Crippen molar-refractivity contribution < 1.29 is 9.18 Å². The highest BCUT2D eigenvalue weighted by molar-refractivity contribution is 6.31. The third kappa shape index (κ3) is 3.37. The summed E-state index contributed by atoms with van der Waals surface area (Å²) in [6, 6.07) is 4.29. The number of halogens is 2. The van der Waals surface area contributed by atoms with Crippen LogP contribution in [0, 0.1) is 12.7 Å². The highest BCUT2D eigenvalue weighted by Gasteiger charge is 2.31. The average Bonchev–Trinajstić information content (AvgIpc) is 2.97. The van der Waals surface area contributed by atoms with Gasteiger partial charge in [-0.2, -0.15) is 5.10 Å². The molecule has 0 spiro atoms. The summed E-state index contributed by atoms with van der Waals surface area (Å²) in [5.74, 6) is 0.739. The molecule has 5 nitrogen and oxygen atoms in total. The van der Waals surface area contributed by atoms with E-state index in [0.29, 0.717) is 12.4 Å². The zero-order chi connectivity index (χ0) is 16.4. The number of aryl methyl sites for hydroxylation is 1. The van der Waals surface area contributed by atoms with Crippen LogP contribution in [0.1, 0.15) is 42.5 Å². The van der Waals surface area contributed by atoms with E-state index in [0.717, 1.165) is 25.1 Å². The summed E-state index contributed by atoms with van der Waals surface area (Å²) in [6.45, 7) is 2.45. The predicted octanol–water partition coefficient (Wildman–Crippen LogP) is 3.20. The highest BCUT2D eigenvalue weighted by Crippen LogP contribution is 2.30. The van der Waals surface area contributed by atoms with Gasteiger partial charge >= 0.3 is 0 Å². The summed E-state index contributed by atoms with van der Waals surface area (Å²) in [5, 5.41) is 7.28. The van der Waals surface area contributed by atoms with Gasteiger partial charge in [-0.1, -0.05) is 17.7 Å². The Morgan fingerprint density at radius 3 is 3.00 bits per heavy atom. The largest absolute Gasteiger partial charge is 0.332 e. The molecule has 1 amide bonds. The van der Waals surface area contributed by atoms with Gasteiger partial charge in [0, 0.05) is 17.1 Å². The van der Waals surface area contributed by atoms with Crippen LogP contribution in [0.3, 0.4) is 0 Å². The van der Waals surface area contributed by atoms with E-state index < -0.39 is 5.82 Å². The van der Waals surface area contributed by atoms with Crippen molar-refractivity contribution in [2.24, 2.45) is 0 Å². The monoisotopic (exact) mass is 336 g/mol. The Hall–Kier alpha value is -1.95. The maximum atomic E-state index is 13.9. The van der Waals surface area contributed by atoms with Crippen LogP contribution in [0.2, 0.25) is 5.02 Å². The van der Waals surface area contributed by atoms with E-state index >= 15 is 0 Å². The molecule has 1 aromatic heterocycles. The van der Waals surface area contributed by atoms with Gasteiger partial charge in [0.25, 0.3) is 0 Å². The van der Waals surface area contributed by atoms with E-state index in [4.69, 9.17) is 11.6 Å². The minimum absolute atomic E-state index is 0.0502. The fourth-order valence-electron chi connectivity index (χ4n) is 2.96. The number of aromatic nitrogens is 3. The number of aromatic amines is 1. The van der Waals surface area contributed by atoms with Gasteiger partial charge in [-0.15, -0.1) is 0 Å². The number of likely N-dealkylation sites (tertiary alicyclic amines) is 1. The summed E-state index contributed by atoms with van der Waals surface area (Å²) < 4.78 is 13.9. The van der Waals surface area contributed by atoms with Crippen LogP contribution in [0.15, 0.2) is 18.2 Å². The van der Waals surface area contributed by atoms with E-state index in [9.17, 15) is 9.18 Å². The molecule has 1 aromatic carbocycles. The van der Waals surface area contributed by atoms with Gasteiger partial charge in [-0.25, -0.2) is 9.37 Å². The van der Waals surface area contributed by atoms with Gasteiger partial charge in [-0.3, -0.25) is 9.89 Å². The van der Waals surface area contributed by atoms with E-state index in [2.05, 4.69) is 15.2 Å². The van der Waals surface area contributed by atoms with Crippen LogP contribution in [0.5, 0.6) is 0 Å². The smallest absolute Gasteiger partial charge is 0.227 e. The Balaban J connectivity index is 1.82. The number of amides is 1. The summed E-state index contributed by atoms with van der Waals surface area (Å²) in [7, 11) is 0. The number of hydrogen-bond acceptors (Lipinski definition) is 3. The fourth-order valence-corrected chi connectivity index (χ4v) is 3.19. The van der Waals surface area contributed by atoms with Gasteiger partial charge < -0.3 is 4.90 Å². The molecule has 7 heteroatoms.